The standard InChI is InChI=1S/C25H24ClF2N7O4S/c1-13(2)39-22(23-30-10-15(26)11-31-23)14(3)40(36,37)34-25-33-32-24-21-20(5-4-8-29-21)38-12-19(35(24)25)17-7-6-16(27)9-18(17)28/h4-11,13-14,19,22H,12H2,1-3H3,(H,33,34)/t14-,19+,22+/m0/s1. The van der Waals surface area contributed by atoms with Crippen LogP contribution in [0.3, 0.4) is 0 Å². The maximum atomic E-state index is 15.0. The van der Waals surface area contributed by atoms with E-state index in [1.807, 2.05) is 0 Å². The maximum Gasteiger partial charge on any atom is 0.240 e. The highest BCUT2D eigenvalue weighted by molar-refractivity contribution is 7.93. The molecule has 3 aromatic heterocycles. The summed E-state index contributed by atoms with van der Waals surface area (Å²) in [4.78, 5) is 12.6. The number of hydrogen-bond donors (Lipinski definition) is 1. The first-order chi connectivity index (χ1) is 19.0. The van der Waals surface area contributed by atoms with E-state index >= 15 is 0 Å². The average Bonchev–Trinajstić information content (AvgIpc) is 3.23. The Morgan fingerprint density at radius 3 is 2.58 bits per heavy atom. The largest absolute Gasteiger partial charge is 0.489 e. The smallest absolute Gasteiger partial charge is 0.240 e. The summed E-state index contributed by atoms with van der Waals surface area (Å²) in [7, 11) is -4.26. The summed E-state index contributed by atoms with van der Waals surface area (Å²) in [5.74, 6) is -1.25. The summed E-state index contributed by atoms with van der Waals surface area (Å²) < 4.78 is 71.8. The third-order valence-electron chi connectivity index (χ3n) is 6.17. The van der Waals surface area contributed by atoms with E-state index < -0.39 is 39.1 Å². The molecule has 0 spiro atoms. The van der Waals surface area contributed by atoms with Gasteiger partial charge in [-0.25, -0.2) is 32.2 Å². The quantitative estimate of drug-likeness (QED) is 0.317. The molecule has 0 amide bonds. The zero-order chi connectivity index (χ0) is 28.6. The topological polar surface area (TPSA) is 134 Å². The van der Waals surface area contributed by atoms with Gasteiger partial charge in [0.2, 0.25) is 16.0 Å². The van der Waals surface area contributed by atoms with Crippen LogP contribution in [0.15, 0.2) is 48.9 Å². The van der Waals surface area contributed by atoms with Gasteiger partial charge < -0.3 is 9.47 Å². The SMILES string of the molecule is CC(C)O[C@@H](c1ncc(Cl)cn1)[C@H](C)S(=O)(=O)Nc1nnc2n1[C@@H](c1ccc(F)cc1F)COc1cccnc1-2. The predicted octanol–water partition coefficient (Wildman–Crippen LogP) is 4.34. The van der Waals surface area contributed by atoms with Crippen LogP contribution in [0, 0.1) is 11.6 Å². The van der Waals surface area contributed by atoms with Gasteiger partial charge in [-0.1, -0.05) is 17.7 Å². The lowest BCUT2D eigenvalue weighted by atomic mass is 10.1. The zero-order valence-corrected chi connectivity index (χ0v) is 23.1. The molecule has 15 heteroatoms. The second kappa shape index (κ2) is 11.0. The number of anilines is 1. The average molecular weight is 592 g/mol. The number of benzene rings is 1. The van der Waals surface area contributed by atoms with E-state index in [1.165, 1.54) is 36.1 Å². The van der Waals surface area contributed by atoms with Gasteiger partial charge in [-0.2, -0.15) is 0 Å². The van der Waals surface area contributed by atoms with Crippen molar-refractivity contribution in [3.8, 4) is 17.3 Å². The fourth-order valence-corrected chi connectivity index (χ4v) is 5.45. The van der Waals surface area contributed by atoms with E-state index in [4.69, 9.17) is 21.1 Å². The van der Waals surface area contributed by atoms with Crippen molar-refractivity contribution in [3.63, 3.8) is 0 Å². The number of aromatic nitrogens is 6. The number of nitrogens with zero attached hydrogens (tertiary/aromatic N) is 6. The molecular weight excluding hydrogens is 568 g/mol. The number of rotatable bonds is 8. The van der Waals surface area contributed by atoms with Crippen LogP contribution in [0.2, 0.25) is 5.02 Å². The van der Waals surface area contributed by atoms with Crippen LogP contribution in [0.5, 0.6) is 5.75 Å². The molecule has 1 aliphatic heterocycles. The van der Waals surface area contributed by atoms with Gasteiger partial charge in [0.05, 0.1) is 11.1 Å². The summed E-state index contributed by atoms with van der Waals surface area (Å²) in [6.45, 7) is 4.79. The molecule has 0 unspecified atom stereocenters. The second-order valence-electron chi connectivity index (χ2n) is 9.28. The molecule has 0 fully saturated rings. The number of sulfonamides is 1. The first-order valence-corrected chi connectivity index (χ1v) is 14.1. The summed E-state index contributed by atoms with van der Waals surface area (Å²) in [5, 5.41) is 7.29. The van der Waals surface area contributed by atoms with Gasteiger partial charge in [-0.3, -0.25) is 9.29 Å². The lowest BCUT2D eigenvalue weighted by molar-refractivity contribution is 0.00154. The van der Waals surface area contributed by atoms with Crippen LogP contribution in [-0.4, -0.2) is 56.1 Å². The highest BCUT2D eigenvalue weighted by atomic mass is 35.5. The molecule has 0 saturated carbocycles. The Hall–Kier alpha value is -3.75. The maximum absolute atomic E-state index is 15.0. The summed E-state index contributed by atoms with van der Waals surface area (Å²) in [5.41, 5.74) is 0.313. The molecule has 210 valence electrons. The minimum Gasteiger partial charge on any atom is -0.489 e. The first-order valence-electron chi connectivity index (χ1n) is 12.2. The van der Waals surface area contributed by atoms with Gasteiger partial charge >= 0.3 is 0 Å². The van der Waals surface area contributed by atoms with E-state index in [9.17, 15) is 17.2 Å². The highest BCUT2D eigenvalue weighted by Gasteiger charge is 2.37. The molecule has 1 N–H and O–H groups in total. The fourth-order valence-electron chi connectivity index (χ4n) is 4.26. The van der Waals surface area contributed by atoms with E-state index in [0.717, 1.165) is 12.1 Å². The lowest BCUT2D eigenvalue weighted by Crippen LogP contribution is -2.35. The molecule has 3 atom stereocenters. The number of pyridine rings is 1. The summed E-state index contributed by atoms with van der Waals surface area (Å²) >= 11 is 5.91. The van der Waals surface area contributed by atoms with E-state index in [1.54, 1.807) is 26.0 Å². The number of halogens is 3. The Kier molecular flexibility index (Phi) is 7.66. The minimum absolute atomic E-state index is 0.0411. The third kappa shape index (κ3) is 5.46. The van der Waals surface area contributed by atoms with Gasteiger partial charge in [-0.15, -0.1) is 10.2 Å². The molecule has 1 aromatic carbocycles. The van der Waals surface area contributed by atoms with Crippen LogP contribution < -0.4 is 9.46 Å². The molecule has 5 rings (SSSR count). The number of hydrogen-bond acceptors (Lipinski definition) is 9. The summed E-state index contributed by atoms with van der Waals surface area (Å²) in [6.07, 6.45) is 2.76. The predicted molar refractivity (Wildman–Crippen MR) is 141 cm³/mol. The van der Waals surface area contributed by atoms with Gasteiger partial charge in [0.1, 0.15) is 47.1 Å². The van der Waals surface area contributed by atoms with Crippen molar-refractivity contribution < 1.29 is 26.7 Å². The fraction of sp³-hybridized carbons (Fsp3) is 0.320. The minimum atomic E-state index is -4.26. The van der Waals surface area contributed by atoms with Crippen molar-refractivity contribution in [1.29, 1.82) is 0 Å². The van der Waals surface area contributed by atoms with E-state index in [0.29, 0.717) is 5.75 Å². The molecule has 40 heavy (non-hydrogen) atoms. The molecule has 0 radical (unpaired) electrons. The van der Waals surface area contributed by atoms with Crippen LogP contribution in [-0.2, 0) is 14.8 Å². The zero-order valence-electron chi connectivity index (χ0n) is 21.5. The number of ether oxygens (including phenoxy) is 2. The Balaban J connectivity index is 1.58. The summed E-state index contributed by atoms with van der Waals surface area (Å²) in [6, 6.07) is 5.42. The van der Waals surface area contributed by atoms with Crippen molar-refractivity contribution in [1.82, 2.24) is 29.7 Å². The first kappa shape index (κ1) is 27.8. The van der Waals surface area contributed by atoms with Crippen LogP contribution in [0.25, 0.3) is 11.5 Å². The molecule has 0 aliphatic carbocycles. The number of nitrogens with one attached hydrogen (secondary N) is 1. The van der Waals surface area contributed by atoms with Crippen molar-refractivity contribution >= 4 is 27.6 Å². The van der Waals surface area contributed by atoms with Gasteiger partial charge in [0.15, 0.2) is 11.6 Å². The third-order valence-corrected chi connectivity index (χ3v) is 8.06. The second-order valence-corrected chi connectivity index (χ2v) is 11.8. The molecule has 0 bridgehead atoms. The normalized spacial score (nSPS) is 16.4. The number of fused-ring (bicyclic) bond motifs is 3. The molecule has 11 nitrogen and oxygen atoms in total. The van der Waals surface area contributed by atoms with Crippen molar-refractivity contribution in [2.24, 2.45) is 0 Å². The molecule has 4 aromatic rings. The van der Waals surface area contributed by atoms with Crippen molar-refractivity contribution in [2.45, 2.75) is 44.3 Å². The molecule has 4 heterocycles. The Morgan fingerprint density at radius 1 is 1.12 bits per heavy atom. The Morgan fingerprint density at radius 2 is 1.88 bits per heavy atom. The van der Waals surface area contributed by atoms with Crippen molar-refractivity contribution in [3.05, 3.63) is 77.0 Å². The Bertz CT molecular complexity index is 1640. The monoisotopic (exact) mass is 591 g/mol. The molecular formula is C25H24ClF2N7O4S. The van der Waals surface area contributed by atoms with Gasteiger partial charge in [-0.05, 0) is 39.0 Å². The van der Waals surface area contributed by atoms with E-state index in [-0.39, 0.29) is 46.6 Å². The molecule has 1 aliphatic rings. The van der Waals surface area contributed by atoms with Crippen LogP contribution in [0.4, 0.5) is 14.7 Å². The van der Waals surface area contributed by atoms with Gasteiger partial charge in [0, 0.05) is 30.2 Å². The van der Waals surface area contributed by atoms with Gasteiger partial charge in [0.25, 0.3) is 0 Å². The van der Waals surface area contributed by atoms with Crippen molar-refractivity contribution in [2.75, 3.05) is 11.3 Å². The van der Waals surface area contributed by atoms with E-state index in [2.05, 4.69) is 29.9 Å². The van der Waals surface area contributed by atoms with Crippen LogP contribution >= 0.6 is 11.6 Å². The van der Waals surface area contributed by atoms with Crippen LogP contribution in [0.1, 0.15) is 44.3 Å². The lowest BCUT2D eigenvalue weighted by Gasteiger charge is -2.26. The highest BCUT2D eigenvalue weighted by Crippen LogP contribution is 2.38. The Labute approximate surface area is 233 Å². The molecule has 0 saturated heterocycles.